The molecule has 8 heteroatoms. The number of rotatable bonds is 4. The fourth-order valence-electron chi connectivity index (χ4n) is 3.46. The first-order valence-corrected chi connectivity index (χ1v) is 9.96. The molecule has 0 bridgehead atoms. The Morgan fingerprint density at radius 3 is 2.66 bits per heavy atom. The van der Waals surface area contributed by atoms with Crippen LogP contribution in [0.3, 0.4) is 0 Å². The third kappa shape index (κ3) is 3.80. The Balaban J connectivity index is 1.83. The van der Waals surface area contributed by atoms with E-state index in [9.17, 15) is 0 Å². The number of aromatic amines is 2. The molecule has 1 aromatic carbocycles. The van der Waals surface area contributed by atoms with Crippen LogP contribution in [0.15, 0.2) is 34.9 Å². The van der Waals surface area contributed by atoms with E-state index in [2.05, 4.69) is 35.9 Å². The third-order valence-corrected chi connectivity index (χ3v) is 5.25. The van der Waals surface area contributed by atoms with Gasteiger partial charge in [-0.2, -0.15) is 0 Å². The zero-order valence-electron chi connectivity index (χ0n) is 16.6. The van der Waals surface area contributed by atoms with E-state index in [-0.39, 0.29) is 10.3 Å². The molecule has 0 radical (unpaired) electrons. The summed E-state index contributed by atoms with van der Waals surface area (Å²) >= 11 is 11.4. The first kappa shape index (κ1) is 19.7. The highest BCUT2D eigenvalue weighted by Crippen LogP contribution is 2.37. The molecular formula is C21H21ClN4O2S. The smallest absolute Gasteiger partial charge is 0.295 e. The number of hydrogen-bond acceptors (Lipinski definition) is 5. The number of pyridine rings is 1. The Morgan fingerprint density at radius 2 is 2.00 bits per heavy atom. The zero-order valence-corrected chi connectivity index (χ0v) is 18.2. The van der Waals surface area contributed by atoms with Crippen LogP contribution in [0.2, 0.25) is 5.02 Å². The van der Waals surface area contributed by atoms with Crippen LogP contribution in [-0.4, -0.2) is 27.2 Å². The highest BCUT2D eigenvalue weighted by Gasteiger charge is 2.24. The lowest BCUT2D eigenvalue weighted by molar-refractivity contribution is 0.406. The molecule has 4 aromatic rings. The van der Waals surface area contributed by atoms with Crippen molar-refractivity contribution in [2.24, 2.45) is 0 Å². The quantitative estimate of drug-likeness (QED) is 0.400. The van der Waals surface area contributed by atoms with Gasteiger partial charge in [0.1, 0.15) is 11.4 Å². The lowest BCUT2D eigenvalue weighted by Crippen LogP contribution is -2.14. The maximum Gasteiger partial charge on any atom is 0.295 e. The fraction of sp³-hybridized carbons (Fsp3) is 0.286. The van der Waals surface area contributed by atoms with E-state index in [0.717, 1.165) is 27.9 Å². The van der Waals surface area contributed by atoms with Crippen molar-refractivity contribution in [1.82, 2.24) is 20.1 Å². The van der Waals surface area contributed by atoms with Gasteiger partial charge in [-0.25, -0.2) is 4.98 Å². The normalized spacial score (nSPS) is 11.9. The number of ether oxygens (including phenoxy) is 1. The van der Waals surface area contributed by atoms with E-state index < -0.39 is 0 Å². The van der Waals surface area contributed by atoms with Crippen LogP contribution in [0.5, 0.6) is 5.75 Å². The molecule has 0 saturated heterocycles. The summed E-state index contributed by atoms with van der Waals surface area (Å²) < 4.78 is 10.3. The van der Waals surface area contributed by atoms with Crippen LogP contribution in [0, 0.1) is 4.84 Å². The molecule has 0 aliphatic carbocycles. The number of aromatic nitrogens is 4. The standard InChI is InChI=1S/C21H21ClN4O2S/c1-21(2,3)18-13(12-9-14(22)17(27-4)10-16(12)24-18)8-11-6-5-7-15(23-11)19-25-20(29)28-26-19/h5-7,9-10,24H,8H2,1-4H3,(H,25,26,29). The Labute approximate surface area is 178 Å². The van der Waals surface area contributed by atoms with Gasteiger partial charge in [-0.05, 0) is 36.0 Å². The molecule has 2 N–H and O–H groups in total. The molecule has 0 unspecified atom stereocenters. The Bertz CT molecular complexity index is 1250. The third-order valence-electron chi connectivity index (χ3n) is 4.78. The average molecular weight is 429 g/mol. The van der Waals surface area contributed by atoms with Crippen LogP contribution in [0.4, 0.5) is 0 Å². The van der Waals surface area contributed by atoms with Crippen molar-refractivity contribution in [1.29, 1.82) is 0 Å². The summed E-state index contributed by atoms with van der Waals surface area (Å²) in [6, 6.07) is 9.71. The maximum atomic E-state index is 6.42. The summed E-state index contributed by atoms with van der Waals surface area (Å²) in [7, 11) is 1.62. The van der Waals surface area contributed by atoms with Crippen LogP contribution < -0.4 is 4.74 Å². The van der Waals surface area contributed by atoms with Crippen molar-refractivity contribution >= 4 is 34.7 Å². The van der Waals surface area contributed by atoms with Gasteiger partial charge in [-0.3, -0.25) is 4.98 Å². The van der Waals surface area contributed by atoms with Crippen molar-refractivity contribution in [3.63, 3.8) is 0 Å². The summed E-state index contributed by atoms with van der Waals surface area (Å²) in [5.41, 5.74) is 4.80. The summed E-state index contributed by atoms with van der Waals surface area (Å²) in [5.74, 6) is 1.16. The van der Waals surface area contributed by atoms with Crippen molar-refractivity contribution in [3.05, 3.63) is 57.1 Å². The molecule has 0 aliphatic heterocycles. The molecule has 0 atom stereocenters. The predicted octanol–water partition coefficient (Wildman–Crippen LogP) is 5.83. The minimum atomic E-state index is -0.0806. The molecule has 0 amide bonds. The number of nitrogens with zero attached hydrogens (tertiary/aromatic N) is 2. The zero-order chi connectivity index (χ0) is 20.8. The number of H-pyrrole nitrogens is 2. The molecule has 6 nitrogen and oxygen atoms in total. The molecule has 0 spiro atoms. The van der Waals surface area contributed by atoms with Gasteiger partial charge in [0.2, 0.25) is 0 Å². The van der Waals surface area contributed by atoms with Crippen LogP contribution >= 0.6 is 23.8 Å². The monoisotopic (exact) mass is 428 g/mol. The van der Waals surface area contributed by atoms with Gasteiger partial charge in [0.15, 0.2) is 5.82 Å². The first-order valence-electron chi connectivity index (χ1n) is 9.17. The van der Waals surface area contributed by atoms with E-state index in [0.29, 0.717) is 28.7 Å². The van der Waals surface area contributed by atoms with Gasteiger partial charge < -0.3 is 14.2 Å². The highest BCUT2D eigenvalue weighted by molar-refractivity contribution is 7.71. The Hall–Kier alpha value is -2.64. The second-order valence-corrected chi connectivity index (χ2v) is 8.67. The van der Waals surface area contributed by atoms with E-state index >= 15 is 0 Å². The van der Waals surface area contributed by atoms with Gasteiger partial charge in [-0.1, -0.05) is 43.6 Å². The SMILES string of the molecule is COc1cc2[nH]c(C(C)(C)C)c(Cc3cccc(-c4noc(=S)[nH]4)n3)c2cc1Cl. The minimum Gasteiger partial charge on any atom is -0.495 e. The predicted molar refractivity (Wildman–Crippen MR) is 116 cm³/mol. The van der Waals surface area contributed by atoms with Gasteiger partial charge >= 0.3 is 0 Å². The summed E-state index contributed by atoms with van der Waals surface area (Å²) in [6.07, 6.45) is 0.641. The molecule has 29 heavy (non-hydrogen) atoms. The second-order valence-electron chi connectivity index (χ2n) is 7.90. The van der Waals surface area contributed by atoms with Crippen LogP contribution in [0.25, 0.3) is 22.4 Å². The average Bonchev–Trinajstić information content (AvgIpc) is 3.25. The Kier molecular flexibility index (Phi) is 4.96. The van der Waals surface area contributed by atoms with Crippen molar-refractivity contribution in [3.8, 4) is 17.3 Å². The van der Waals surface area contributed by atoms with Gasteiger partial charge in [0, 0.05) is 40.2 Å². The molecule has 3 aromatic heterocycles. The Morgan fingerprint density at radius 1 is 1.21 bits per heavy atom. The number of methoxy groups -OCH3 is 1. The lowest BCUT2D eigenvalue weighted by Gasteiger charge is -2.19. The van der Waals surface area contributed by atoms with E-state index in [4.69, 9.17) is 38.1 Å². The minimum absolute atomic E-state index is 0.0806. The van der Waals surface area contributed by atoms with E-state index in [1.807, 2.05) is 30.3 Å². The van der Waals surface area contributed by atoms with Gasteiger partial charge in [0.25, 0.3) is 4.84 Å². The van der Waals surface area contributed by atoms with Crippen molar-refractivity contribution < 1.29 is 9.26 Å². The maximum absolute atomic E-state index is 6.42. The number of hydrogen-bond donors (Lipinski definition) is 2. The van der Waals surface area contributed by atoms with Gasteiger partial charge in [0.05, 0.1) is 12.1 Å². The van der Waals surface area contributed by atoms with E-state index in [1.165, 1.54) is 0 Å². The topological polar surface area (TPSA) is 79.7 Å². The summed E-state index contributed by atoms with van der Waals surface area (Å²) in [6.45, 7) is 6.54. The van der Waals surface area contributed by atoms with Gasteiger partial charge in [-0.15, -0.1) is 0 Å². The molecular weight excluding hydrogens is 408 g/mol. The van der Waals surface area contributed by atoms with Crippen molar-refractivity contribution in [2.75, 3.05) is 7.11 Å². The molecule has 4 rings (SSSR count). The molecule has 150 valence electrons. The lowest BCUT2D eigenvalue weighted by atomic mass is 9.87. The molecule has 0 fully saturated rings. The van der Waals surface area contributed by atoms with E-state index in [1.54, 1.807) is 7.11 Å². The first-order chi connectivity index (χ1) is 13.8. The number of benzene rings is 1. The largest absolute Gasteiger partial charge is 0.495 e. The summed E-state index contributed by atoms with van der Waals surface area (Å²) in [4.78, 5) is 11.4. The fourth-order valence-corrected chi connectivity index (χ4v) is 3.84. The van der Waals surface area contributed by atoms with Crippen LogP contribution in [0.1, 0.15) is 37.7 Å². The second kappa shape index (κ2) is 7.31. The highest BCUT2D eigenvalue weighted by atomic mass is 35.5. The van der Waals surface area contributed by atoms with Crippen LogP contribution in [-0.2, 0) is 11.8 Å². The molecule has 3 heterocycles. The molecule has 0 saturated carbocycles. The van der Waals surface area contributed by atoms with Crippen molar-refractivity contribution in [2.45, 2.75) is 32.6 Å². The molecule has 0 aliphatic rings. The number of nitrogens with one attached hydrogen (secondary N) is 2. The number of halogens is 1. The number of fused-ring (bicyclic) bond motifs is 1. The summed E-state index contributed by atoms with van der Waals surface area (Å²) in [5, 5.41) is 5.57.